The lowest BCUT2D eigenvalue weighted by molar-refractivity contribution is 0.0466. The maximum Gasteiger partial charge on any atom is 0.274 e. The van der Waals surface area contributed by atoms with E-state index in [-0.39, 0.29) is 35.4 Å². The molecule has 142 valence electrons. The highest BCUT2D eigenvalue weighted by atomic mass is 16.5. The van der Waals surface area contributed by atoms with Crippen LogP contribution in [0.15, 0.2) is 15.1 Å². The topological polar surface area (TPSA) is 103 Å². The van der Waals surface area contributed by atoms with Gasteiger partial charge in [0.05, 0.1) is 0 Å². The Kier molecular flexibility index (Phi) is 5.70. The van der Waals surface area contributed by atoms with E-state index in [2.05, 4.69) is 20.6 Å². The Bertz CT molecular complexity index is 731. The van der Waals surface area contributed by atoms with E-state index >= 15 is 0 Å². The molecule has 1 N–H and O–H groups in total. The molecule has 0 radical (unpaired) electrons. The van der Waals surface area contributed by atoms with Crippen molar-refractivity contribution >= 4 is 5.91 Å². The van der Waals surface area contributed by atoms with E-state index in [1.54, 1.807) is 6.07 Å². The van der Waals surface area contributed by atoms with Crippen LogP contribution in [0.3, 0.4) is 0 Å². The van der Waals surface area contributed by atoms with E-state index < -0.39 is 0 Å². The summed E-state index contributed by atoms with van der Waals surface area (Å²) in [5, 5.41) is 10.9. The smallest absolute Gasteiger partial charge is 0.274 e. The fourth-order valence-electron chi connectivity index (χ4n) is 2.92. The Balaban J connectivity index is 1.80. The second-order valence-electron chi connectivity index (χ2n) is 7.32. The lowest BCUT2D eigenvalue weighted by atomic mass is 9.91. The van der Waals surface area contributed by atoms with Gasteiger partial charge in [0.1, 0.15) is 11.8 Å². The summed E-state index contributed by atoms with van der Waals surface area (Å²) in [6.07, 6.45) is 1.64. The number of carbonyl (C=O) groups is 1. The second-order valence-corrected chi connectivity index (χ2v) is 7.32. The molecule has 1 atom stereocenters. The van der Waals surface area contributed by atoms with Crippen LogP contribution in [-0.2, 0) is 4.74 Å². The van der Waals surface area contributed by atoms with Crippen LogP contribution in [0.25, 0.3) is 0 Å². The molecule has 26 heavy (non-hydrogen) atoms. The zero-order valence-electron chi connectivity index (χ0n) is 15.7. The Morgan fingerprint density at radius 1 is 1.12 bits per heavy atom. The maximum absolute atomic E-state index is 12.7. The fraction of sp³-hybridized carbons (Fsp3) is 0.667. The van der Waals surface area contributed by atoms with E-state index in [1.807, 2.05) is 27.7 Å². The second kappa shape index (κ2) is 7.99. The van der Waals surface area contributed by atoms with Gasteiger partial charge in [-0.05, 0) is 18.8 Å². The first-order valence-electron chi connectivity index (χ1n) is 9.14. The number of rotatable bonds is 6. The van der Waals surface area contributed by atoms with Crippen molar-refractivity contribution < 1.29 is 18.6 Å². The zero-order valence-corrected chi connectivity index (χ0v) is 15.7. The van der Waals surface area contributed by atoms with Gasteiger partial charge in [0.25, 0.3) is 5.91 Å². The Morgan fingerprint density at radius 2 is 1.85 bits per heavy atom. The highest BCUT2D eigenvalue weighted by molar-refractivity contribution is 5.92. The SMILES string of the molecule is CC(C)c1noc([C@H](NC(=O)c2cc(C(C)C)on2)C2CCOCC2)n1. The Labute approximate surface area is 152 Å². The molecule has 3 heterocycles. The molecule has 0 aliphatic carbocycles. The van der Waals surface area contributed by atoms with Gasteiger partial charge in [0.15, 0.2) is 11.5 Å². The van der Waals surface area contributed by atoms with Crippen LogP contribution in [0.5, 0.6) is 0 Å². The third-order valence-corrected chi connectivity index (χ3v) is 4.59. The van der Waals surface area contributed by atoms with Crippen molar-refractivity contribution in [3.63, 3.8) is 0 Å². The van der Waals surface area contributed by atoms with Crippen molar-refractivity contribution in [2.75, 3.05) is 13.2 Å². The van der Waals surface area contributed by atoms with Gasteiger partial charge in [-0.3, -0.25) is 4.79 Å². The molecule has 1 saturated heterocycles. The molecule has 0 unspecified atom stereocenters. The number of nitrogens with zero attached hydrogens (tertiary/aromatic N) is 3. The lowest BCUT2D eigenvalue weighted by Gasteiger charge is -2.28. The molecule has 8 nitrogen and oxygen atoms in total. The summed E-state index contributed by atoms with van der Waals surface area (Å²) in [6.45, 7) is 9.28. The van der Waals surface area contributed by atoms with E-state index in [0.717, 1.165) is 12.8 Å². The van der Waals surface area contributed by atoms with Gasteiger partial charge in [-0.2, -0.15) is 4.98 Å². The van der Waals surface area contributed by atoms with Crippen LogP contribution in [0.4, 0.5) is 0 Å². The minimum atomic E-state index is -0.370. The largest absolute Gasteiger partial charge is 0.381 e. The Morgan fingerprint density at radius 3 is 2.42 bits per heavy atom. The van der Waals surface area contributed by atoms with Crippen LogP contribution >= 0.6 is 0 Å². The number of carbonyl (C=O) groups excluding carboxylic acids is 1. The molecule has 1 aliphatic heterocycles. The normalized spacial score (nSPS) is 17.0. The van der Waals surface area contributed by atoms with Crippen molar-refractivity contribution in [1.29, 1.82) is 0 Å². The predicted molar refractivity (Wildman–Crippen MR) is 92.7 cm³/mol. The number of ether oxygens (including phenoxy) is 1. The van der Waals surface area contributed by atoms with Crippen molar-refractivity contribution in [2.24, 2.45) is 5.92 Å². The average molecular weight is 362 g/mol. The highest BCUT2D eigenvalue weighted by Crippen LogP contribution is 2.30. The summed E-state index contributed by atoms with van der Waals surface area (Å²) >= 11 is 0. The minimum Gasteiger partial charge on any atom is -0.381 e. The molecular weight excluding hydrogens is 336 g/mol. The van der Waals surface area contributed by atoms with Crippen LogP contribution in [0.1, 0.15) is 86.4 Å². The van der Waals surface area contributed by atoms with Crippen molar-refractivity contribution in [1.82, 2.24) is 20.6 Å². The van der Waals surface area contributed by atoms with Gasteiger partial charge >= 0.3 is 0 Å². The van der Waals surface area contributed by atoms with E-state index in [1.165, 1.54) is 0 Å². The molecule has 2 aromatic heterocycles. The molecule has 0 bridgehead atoms. The third-order valence-electron chi connectivity index (χ3n) is 4.59. The van der Waals surface area contributed by atoms with Crippen molar-refractivity contribution in [2.45, 2.75) is 58.4 Å². The molecular formula is C18H26N4O4. The first kappa shape index (κ1) is 18.6. The van der Waals surface area contributed by atoms with Crippen LogP contribution < -0.4 is 5.32 Å². The van der Waals surface area contributed by atoms with Crippen molar-refractivity contribution in [3.8, 4) is 0 Å². The minimum absolute atomic E-state index is 0.155. The Hall–Kier alpha value is -2.22. The van der Waals surface area contributed by atoms with E-state index in [4.69, 9.17) is 13.8 Å². The van der Waals surface area contributed by atoms with Gasteiger partial charge < -0.3 is 19.1 Å². The molecule has 3 rings (SSSR count). The first-order valence-corrected chi connectivity index (χ1v) is 9.14. The summed E-state index contributed by atoms with van der Waals surface area (Å²) in [4.78, 5) is 17.2. The van der Waals surface area contributed by atoms with Gasteiger partial charge in [0.2, 0.25) is 5.89 Å². The number of amides is 1. The summed E-state index contributed by atoms with van der Waals surface area (Å²) in [7, 11) is 0. The number of hydrogen-bond donors (Lipinski definition) is 1. The lowest BCUT2D eigenvalue weighted by Crippen LogP contribution is -2.36. The summed E-state index contributed by atoms with van der Waals surface area (Å²) in [5.41, 5.74) is 0.259. The molecule has 2 aromatic rings. The number of aromatic nitrogens is 3. The summed E-state index contributed by atoms with van der Waals surface area (Å²) in [6, 6.07) is 1.31. The predicted octanol–water partition coefficient (Wildman–Crippen LogP) is 3.20. The average Bonchev–Trinajstić information content (AvgIpc) is 3.30. The van der Waals surface area contributed by atoms with E-state index in [0.29, 0.717) is 30.7 Å². The maximum atomic E-state index is 12.7. The van der Waals surface area contributed by atoms with Crippen LogP contribution in [-0.4, -0.2) is 34.4 Å². The number of nitrogens with one attached hydrogen (secondary N) is 1. The highest BCUT2D eigenvalue weighted by Gasteiger charge is 2.32. The van der Waals surface area contributed by atoms with Gasteiger partial charge in [-0.25, -0.2) is 0 Å². The monoisotopic (exact) mass is 362 g/mol. The molecule has 1 amide bonds. The molecule has 0 saturated carbocycles. The fourth-order valence-corrected chi connectivity index (χ4v) is 2.92. The third kappa shape index (κ3) is 4.12. The number of hydrogen-bond acceptors (Lipinski definition) is 7. The zero-order chi connectivity index (χ0) is 18.7. The molecule has 0 aromatic carbocycles. The van der Waals surface area contributed by atoms with Crippen LogP contribution in [0.2, 0.25) is 0 Å². The summed E-state index contributed by atoms with van der Waals surface area (Å²) < 4.78 is 16.1. The van der Waals surface area contributed by atoms with Gasteiger partial charge in [-0.15, -0.1) is 0 Å². The molecule has 0 spiro atoms. The molecule has 1 fully saturated rings. The molecule has 8 heteroatoms. The van der Waals surface area contributed by atoms with E-state index in [9.17, 15) is 4.79 Å². The van der Waals surface area contributed by atoms with Gasteiger partial charge in [-0.1, -0.05) is 38.0 Å². The van der Waals surface area contributed by atoms with Gasteiger partial charge in [0, 0.05) is 31.1 Å². The standard InChI is InChI=1S/C18H26N4O4/c1-10(2)14-9-13(21-25-14)17(23)19-15(12-5-7-24-8-6-12)18-20-16(11(3)4)22-26-18/h9-12,15H,5-8H2,1-4H3,(H,19,23)/t15-/m1/s1. The quantitative estimate of drug-likeness (QED) is 0.841. The first-order chi connectivity index (χ1) is 12.5. The summed E-state index contributed by atoms with van der Waals surface area (Å²) in [5.74, 6) is 1.93. The molecule has 1 aliphatic rings. The van der Waals surface area contributed by atoms with Crippen LogP contribution in [0, 0.1) is 5.92 Å². The van der Waals surface area contributed by atoms with Crippen molar-refractivity contribution in [3.05, 3.63) is 29.2 Å².